The summed E-state index contributed by atoms with van der Waals surface area (Å²) in [5.74, 6) is 0. The number of nitrogens with zero attached hydrogens (tertiary/aromatic N) is 2. The fraction of sp³-hybridized carbons (Fsp3) is 0.533. The van der Waals surface area contributed by atoms with E-state index in [2.05, 4.69) is 47.5 Å². The van der Waals surface area contributed by atoms with Gasteiger partial charge in [-0.05, 0) is 39.1 Å². The van der Waals surface area contributed by atoms with Crippen LogP contribution in [0.4, 0.5) is 5.13 Å². The lowest BCUT2D eigenvalue weighted by Crippen LogP contribution is -2.47. The van der Waals surface area contributed by atoms with Crippen molar-refractivity contribution in [2.24, 2.45) is 0 Å². The molecule has 1 aliphatic rings. The molecule has 19 heavy (non-hydrogen) atoms. The Morgan fingerprint density at radius 2 is 2.00 bits per heavy atom. The van der Waals surface area contributed by atoms with E-state index in [4.69, 9.17) is 0 Å². The number of hydrogen-bond donors (Lipinski definition) is 1. The third-order valence-corrected chi connectivity index (χ3v) is 5.34. The van der Waals surface area contributed by atoms with Gasteiger partial charge in [-0.15, -0.1) is 0 Å². The van der Waals surface area contributed by atoms with Crippen LogP contribution in [0.15, 0.2) is 24.3 Å². The molecule has 1 N–H and O–H groups in total. The molecule has 0 spiro atoms. The zero-order valence-corrected chi connectivity index (χ0v) is 12.5. The fourth-order valence-electron chi connectivity index (χ4n) is 3.00. The van der Waals surface area contributed by atoms with E-state index in [0.717, 1.165) is 17.2 Å². The average molecular weight is 275 g/mol. The van der Waals surface area contributed by atoms with Crippen LogP contribution in [0.3, 0.4) is 0 Å². The molecular weight excluding hydrogens is 254 g/mol. The molecule has 3 nitrogen and oxygen atoms in total. The van der Waals surface area contributed by atoms with Crippen LogP contribution < -0.4 is 5.32 Å². The number of para-hydroxylation sites is 1. The number of aromatic nitrogens is 1. The topological polar surface area (TPSA) is 28.2 Å². The van der Waals surface area contributed by atoms with Crippen LogP contribution in [0.2, 0.25) is 0 Å². The molecule has 1 heterocycles. The Bertz CT molecular complexity index is 522. The largest absolute Gasteiger partial charge is 0.360 e. The summed E-state index contributed by atoms with van der Waals surface area (Å²) < 4.78 is 1.26. The van der Waals surface area contributed by atoms with Crippen LogP contribution in [-0.2, 0) is 0 Å². The van der Waals surface area contributed by atoms with Crippen molar-refractivity contribution in [2.45, 2.75) is 31.2 Å². The quantitative estimate of drug-likeness (QED) is 0.924. The van der Waals surface area contributed by atoms with E-state index in [9.17, 15) is 0 Å². The molecule has 0 amide bonds. The van der Waals surface area contributed by atoms with Gasteiger partial charge in [-0.2, -0.15) is 0 Å². The molecule has 1 aromatic heterocycles. The number of hydrogen-bond acceptors (Lipinski definition) is 4. The van der Waals surface area contributed by atoms with Crippen LogP contribution in [0.5, 0.6) is 0 Å². The van der Waals surface area contributed by atoms with Crippen molar-refractivity contribution in [1.82, 2.24) is 9.88 Å². The van der Waals surface area contributed by atoms with Crippen molar-refractivity contribution >= 4 is 26.7 Å². The van der Waals surface area contributed by atoms with Crippen LogP contribution in [0.1, 0.15) is 25.7 Å². The summed E-state index contributed by atoms with van der Waals surface area (Å²) in [5, 5.41) is 4.61. The predicted octanol–water partition coefficient (Wildman–Crippen LogP) is 3.58. The van der Waals surface area contributed by atoms with Crippen LogP contribution in [0.25, 0.3) is 10.2 Å². The zero-order valence-electron chi connectivity index (χ0n) is 11.6. The Labute approximate surface area is 118 Å². The number of rotatable bonds is 4. The predicted molar refractivity (Wildman–Crippen MR) is 83.0 cm³/mol. The van der Waals surface area contributed by atoms with Crippen molar-refractivity contribution in [3.05, 3.63) is 24.3 Å². The Kier molecular flexibility index (Phi) is 3.46. The van der Waals surface area contributed by atoms with Gasteiger partial charge in [-0.1, -0.05) is 36.3 Å². The van der Waals surface area contributed by atoms with Crippen molar-refractivity contribution in [1.29, 1.82) is 0 Å². The number of nitrogens with one attached hydrogen (secondary N) is 1. The summed E-state index contributed by atoms with van der Waals surface area (Å²) >= 11 is 1.75. The molecular formula is C15H21N3S. The highest BCUT2D eigenvalue weighted by Gasteiger charge is 2.35. The van der Waals surface area contributed by atoms with E-state index >= 15 is 0 Å². The first-order valence-corrected chi connectivity index (χ1v) is 7.78. The molecule has 0 unspecified atom stereocenters. The average Bonchev–Trinajstić information content (AvgIpc) is 3.03. The van der Waals surface area contributed by atoms with Gasteiger partial charge in [0, 0.05) is 12.1 Å². The molecule has 0 saturated heterocycles. The summed E-state index contributed by atoms with van der Waals surface area (Å²) in [6, 6.07) is 8.33. The SMILES string of the molecule is CN(C)C1(CNc2nc3ccccc3s2)CCCC1. The summed E-state index contributed by atoms with van der Waals surface area (Å²) in [4.78, 5) is 7.04. The number of fused-ring (bicyclic) bond motifs is 1. The number of anilines is 1. The van der Waals surface area contributed by atoms with Crippen molar-refractivity contribution in [3.8, 4) is 0 Å². The highest BCUT2D eigenvalue weighted by Crippen LogP contribution is 2.34. The summed E-state index contributed by atoms with van der Waals surface area (Å²) in [6.07, 6.45) is 5.27. The molecule has 4 heteroatoms. The van der Waals surface area contributed by atoms with Gasteiger partial charge in [0.05, 0.1) is 10.2 Å². The molecule has 3 rings (SSSR count). The van der Waals surface area contributed by atoms with Gasteiger partial charge < -0.3 is 10.2 Å². The first-order valence-electron chi connectivity index (χ1n) is 6.97. The Balaban J connectivity index is 1.74. The summed E-state index contributed by atoms with van der Waals surface area (Å²) in [5.41, 5.74) is 1.41. The molecule has 1 saturated carbocycles. The second-order valence-corrected chi connectivity index (χ2v) is 6.70. The van der Waals surface area contributed by atoms with Gasteiger partial charge in [0.25, 0.3) is 0 Å². The Hall–Kier alpha value is -1.13. The van der Waals surface area contributed by atoms with Crippen molar-refractivity contribution < 1.29 is 0 Å². The van der Waals surface area contributed by atoms with E-state index in [1.807, 2.05) is 6.07 Å². The molecule has 1 aliphatic carbocycles. The molecule has 1 aromatic carbocycles. The molecule has 0 atom stereocenters. The van der Waals surface area contributed by atoms with E-state index < -0.39 is 0 Å². The number of benzene rings is 1. The minimum atomic E-state index is 0.317. The first-order chi connectivity index (χ1) is 9.20. The lowest BCUT2D eigenvalue weighted by molar-refractivity contribution is 0.172. The monoisotopic (exact) mass is 275 g/mol. The maximum atomic E-state index is 4.65. The Morgan fingerprint density at radius 1 is 1.26 bits per heavy atom. The summed E-state index contributed by atoms with van der Waals surface area (Å²) in [7, 11) is 4.40. The molecule has 2 aromatic rings. The third-order valence-electron chi connectivity index (χ3n) is 4.35. The molecule has 1 fully saturated rings. The van der Waals surface area contributed by atoms with Gasteiger partial charge in [0.2, 0.25) is 0 Å². The summed E-state index contributed by atoms with van der Waals surface area (Å²) in [6.45, 7) is 1.000. The molecule has 0 radical (unpaired) electrons. The highest BCUT2D eigenvalue weighted by atomic mass is 32.1. The minimum absolute atomic E-state index is 0.317. The highest BCUT2D eigenvalue weighted by molar-refractivity contribution is 7.22. The van der Waals surface area contributed by atoms with Gasteiger partial charge in [0.15, 0.2) is 5.13 Å². The lowest BCUT2D eigenvalue weighted by atomic mass is 9.96. The van der Waals surface area contributed by atoms with Crippen LogP contribution in [0, 0.1) is 0 Å². The van der Waals surface area contributed by atoms with Crippen molar-refractivity contribution in [3.63, 3.8) is 0 Å². The second kappa shape index (κ2) is 5.10. The fourth-order valence-corrected chi connectivity index (χ4v) is 3.86. The standard InChI is InChI=1S/C15H21N3S/c1-18(2)15(9-5-6-10-15)11-16-14-17-12-7-3-4-8-13(12)19-14/h3-4,7-8H,5-6,9-11H2,1-2H3,(H,16,17). The van der Waals surface area contributed by atoms with Crippen LogP contribution in [-0.4, -0.2) is 36.1 Å². The van der Waals surface area contributed by atoms with E-state index in [0.29, 0.717) is 5.54 Å². The van der Waals surface area contributed by atoms with Crippen LogP contribution >= 0.6 is 11.3 Å². The van der Waals surface area contributed by atoms with Gasteiger partial charge >= 0.3 is 0 Å². The van der Waals surface area contributed by atoms with Gasteiger partial charge in [0.1, 0.15) is 0 Å². The van der Waals surface area contributed by atoms with E-state index in [-0.39, 0.29) is 0 Å². The van der Waals surface area contributed by atoms with E-state index in [1.165, 1.54) is 30.4 Å². The normalized spacial score (nSPS) is 18.3. The molecule has 102 valence electrons. The van der Waals surface area contributed by atoms with E-state index in [1.54, 1.807) is 11.3 Å². The lowest BCUT2D eigenvalue weighted by Gasteiger charge is -2.36. The Morgan fingerprint density at radius 3 is 2.68 bits per heavy atom. The zero-order chi connectivity index (χ0) is 13.3. The number of thiazole rings is 1. The molecule has 0 aliphatic heterocycles. The maximum absolute atomic E-state index is 4.65. The van der Waals surface area contributed by atoms with Gasteiger partial charge in [-0.25, -0.2) is 4.98 Å². The van der Waals surface area contributed by atoms with Gasteiger partial charge in [-0.3, -0.25) is 0 Å². The minimum Gasteiger partial charge on any atom is -0.360 e. The smallest absolute Gasteiger partial charge is 0.183 e. The second-order valence-electron chi connectivity index (χ2n) is 5.67. The maximum Gasteiger partial charge on any atom is 0.183 e. The number of likely N-dealkylation sites (N-methyl/N-ethyl adjacent to an activating group) is 1. The molecule has 0 bridgehead atoms. The van der Waals surface area contributed by atoms with Crippen molar-refractivity contribution in [2.75, 3.05) is 26.0 Å². The first kappa shape index (κ1) is 12.9. The third kappa shape index (κ3) is 2.47.